The molecule has 0 aromatic heterocycles. The van der Waals surface area contributed by atoms with Crippen LogP contribution in [0.5, 0.6) is 0 Å². The predicted octanol–water partition coefficient (Wildman–Crippen LogP) is 2.17. The first-order chi connectivity index (χ1) is 9.58. The van der Waals surface area contributed by atoms with E-state index in [1.165, 1.54) is 0 Å². The van der Waals surface area contributed by atoms with E-state index in [-0.39, 0.29) is 4.90 Å². The molecule has 0 aliphatic rings. The molecule has 0 saturated carbocycles. The van der Waals surface area contributed by atoms with Crippen LogP contribution < -0.4 is 4.72 Å². The highest BCUT2D eigenvalue weighted by Crippen LogP contribution is 2.20. The Balaban J connectivity index is 2.26. The Labute approximate surface area is 128 Å². The second kappa shape index (κ2) is 9.46. The number of hydrogen-bond donors (Lipinski definition) is 1. The topological polar surface area (TPSA) is 64.6 Å². The molecule has 0 heterocycles. The maximum Gasteiger partial charge on any atom is 0.241 e. The van der Waals surface area contributed by atoms with Crippen LogP contribution in [0.25, 0.3) is 0 Å². The summed E-state index contributed by atoms with van der Waals surface area (Å²) in [6.45, 7) is 2.16. The highest BCUT2D eigenvalue weighted by Gasteiger charge is 2.15. The fraction of sp³-hybridized carbons (Fsp3) is 0.538. The van der Waals surface area contributed by atoms with Gasteiger partial charge in [0.25, 0.3) is 0 Å². The zero-order valence-electron chi connectivity index (χ0n) is 11.5. The van der Waals surface area contributed by atoms with E-state index in [1.807, 2.05) is 0 Å². The number of methoxy groups -OCH3 is 1. The summed E-state index contributed by atoms with van der Waals surface area (Å²) in [7, 11) is -1.83. The molecule has 0 saturated heterocycles. The van der Waals surface area contributed by atoms with E-state index in [0.29, 0.717) is 30.8 Å². The van der Waals surface area contributed by atoms with Crippen molar-refractivity contribution in [3.05, 3.63) is 28.7 Å². The maximum absolute atomic E-state index is 12.0. The Morgan fingerprint density at radius 2 is 1.90 bits per heavy atom. The molecule has 1 N–H and O–H groups in total. The minimum absolute atomic E-state index is 0.261. The third-order valence-electron chi connectivity index (χ3n) is 2.57. The summed E-state index contributed by atoms with van der Waals surface area (Å²) in [4.78, 5) is 0.261. The molecule has 5 nitrogen and oxygen atoms in total. The summed E-state index contributed by atoms with van der Waals surface area (Å²) in [6, 6.07) is 6.75. The molecule has 20 heavy (non-hydrogen) atoms. The molecule has 0 atom stereocenters. The molecule has 0 aliphatic carbocycles. The standard InChI is InChI=1S/C13H20BrNO4S/c1-18-10-11-19-9-5-4-8-15-20(16,17)13-7-3-2-6-12(13)14/h2-3,6-7,15H,4-5,8-11H2,1H3. The molecule has 0 amide bonds. The Morgan fingerprint density at radius 3 is 2.60 bits per heavy atom. The number of unbranched alkanes of at least 4 members (excludes halogenated alkanes) is 1. The first kappa shape index (κ1) is 17.6. The van der Waals surface area contributed by atoms with Crippen LogP contribution in [0.3, 0.4) is 0 Å². The van der Waals surface area contributed by atoms with Crippen molar-refractivity contribution in [2.45, 2.75) is 17.7 Å². The molecule has 0 fully saturated rings. The van der Waals surface area contributed by atoms with Crippen molar-refractivity contribution in [2.24, 2.45) is 0 Å². The van der Waals surface area contributed by atoms with E-state index in [1.54, 1.807) is 31.4 Å². The van der Waals surface area contributed by atoms with Crippen molar-refractivity contribution in [2.75, 3.05) is 33.5 Å². The molecular formula is C13H20BrNO4S. The van der Waals surface area contributed by atoms with E-state index in [0.717, 1.165) is 12.8 Å². The van der Waals surface area contributed by atoms with Gasteiger partial charge in [0.05, 0.1) is 18.1 Å². The summed E-state index contributed by atoms with van der Waals surface area (Å²) in [5.74, 6) is 0. The third kappa shape index (κ3) is 6.32. The largest absolute Gasteiger partial charge is 0.382 e. The lowest BCUT2D eigenvalue weighted by Crippen LogP contribution is -2.25. The second-order valence-electron chi connectivity index (χ2n) is 4.14. The van der Waals surface area contributed by atoms with Crippen molar-refractivity contribution >= 4 is 26.0 Å². The molecular weight excluding hydrogens is 346 g/mol. The molecule has 0 bridgehead atoms. The molecule has 1 aromatic rings. The van der Waals surface area contributed by atoms with Gasteiger partial charge in [-0.15, -0.1) is 0 Å². The van der Waals surface area contributed by atoms with Crippen LogP contribution in [0.4, 0.5) is 0 Å². The van der Waals surface area contributed by atoms with E-state index in [2.05, 4.69) is 20.7 Å². The number of nitrogens with one attached hydrogen (secondary N) is 1. The maximum atomic E-state index is 12.0. The number of sulfonamides is 1. The van der Waals surface area contributed by atoms with Crippen molar-refractivity contribution in [3.8, 4) is 0 Å². The van der Waals surface area contributed by atoms with E-state index in [9.17, 15) is 8.42 Å². The third-order valence-corrected chi connectivity index (χ3v) is 5.04. The van der Waals surface area contributed by atoms with Crippen LogP contribution in [-0.4, -0.2) is 41.9 Å². The van der Waals surface area contributed by atoms with Gasteiger partial charge in [-0.25, -0.2) is 13.1 Å². The van der Waals surface area contributed by atoms with Crippen molar-refractivity contribution in [3.63, 3.8) is 0 Å². The number of hydrogen-bond acceptors (Lipinski definition) is 4. The van der Waals surface area contributed by atoms with E-state index >= 15 is 0 Å². The average molecular weight is 366 g/mol. The van der Waals surface area contributed by atoms with Crippen LogP contribution in [-0.2, 0) is 19.5 Å². The number of rotatable bonds is 10. The predicted molar refractivity (Wildman–Crippen MR) is 81.3 cm³/mol. The number of ether oxygens (including phenoxy) is 2. The van der Waals surface area contributed by atoms with Gasteiger partial charge in [0.1, 0.15) is 0 Å². The molecule has 0 unspecified atom stereocenters. The van der Waals surface area contributed by atoms with E-state index < -0.39 is 10.0 Å². The van der Waals surface area contributed by atoms with Gasteiger partial charge in [0.15, 0.2) is 0 Å². The van der Waals surface area contributed by atoms with Gasteiger partial charge in [-0.1, -0.05) is 12.1 Å². The fourth-order valence-electron chi connectivity index (χ4n) is 1.52. The van der Waals surface area contributed by atoms with Gasteiger partial charge < -0.3 is 9.47 Å². The van der Waals surface area contributed by atoms with Crippen LogP contribution in [0.1, 0.15) is 12.8 Å². The van der Waals surface area contributed by atoms with Gasteiger partial charge in [-0.2, -0.15) is 0 Å². The second-order valence-corrected chi connectivity index (χ2v) is 6.73. The zero-order chi connectivity index (χ0) is 14.8. The molecule has 0 aliphatic heterocycles. The quantitative estimate of drug-likeness (QED) is 0.645. The fourth-order valence-corrected chi connectivity index (χ4v) is 3.60. The Kier molecular flexibility index (Phi) is 8.32. The van der Waals surface area contributed by atoms with Crippen molar-refractivity contribution < 1.29 is 17.9 Å². The van der Waals surface area contributed by atoms with Crippen LogP contribution in [0.2, 0.25) is 0 Å². The Hall–Kier alpha value is -0.470. The average Bonchev–Trinajstić information content (AvgIpc) is 2.42. The monoisotopic (exact) mass is 365 g/mol. The van der Waals surface area contributed by atoms with Gasteiger partial charge in [0.2, 0.25) is 10.0 Å². The van der Waals surface area contributed by atoms with Gasteiger partial charge in [-0.05, 0) is 40.9 Å². The van der Waals surface area contributed by atoms with Crippen molar-refractivity contribution in [1.82, 2.24) is 4.72 Å². The molecule has 0 spiro atoms. The molecule has 1 aromatic carbocycles. The van der Waals surface area contributed by atoms with Gasteiger partial charge >= 0.3 is 0 Å². The van der Waals surface area contributed by atoms with Crippen LogP contribution >= 0.6 is 15.9 Å². The Bertz CT molecular complexity index is 493. The van der Waals surface area contributed by atoms with Crippen molar-refractivity contribution in [1.29, 1.82) is 0 Å². The lowest BCUT2D eigenvalue weighted by atomic mass is 10.3. The SMILES string of the molecule is COCCOCCCCNS(=O)(=O)c1ccccc1Br. The summed E-state index contributed by atoms with van der Waals surface area (Å²) in [6.07, 6.45) is 1.54. The first-order valence-electron chi connectivity index (χ1n) is 6.39. The highest BCUT2D eigenvalue weighted by molar-refractivity contribution is 9.10. The molecule has 7 heteroatoms. The zero-order valence-corrected chi connectivity index (χ0v) is 13.9. The lowest BCUT2D eigenvalue weighted by Gasteiger charge is -2.08. The summed E-state index contributed by atoms with van der Waals surface area (Å²) >= 11 is 3.24. The first-order valence-corrected chi connectivity index (χ1v) is 8.66. The van der Waals surface area contributed by atoms with Gasteiger partial charge in [-0.3, -0.25) is 0 Å². The van der Waals surface area contributed by atoms with E-state index in [4.69, 9.17) is 9.47 Å². The van der Waals surface area contributed by atoms with Crippen LogP contribution in [0, 0.1) is 0 Å². The smallest absolute Gasteiger partial charge is 0.241 e. The number of halogens is 1. The van der Waals surface area contributed by atoms with Crippen LogP contribution in [0.15, 0.2) is 33.6 Å². The number of benzene rings is 1. The summed E-state index contributed by atoms with van der Waals surface area (Å²) in [5, 5.41) is 0. The lowest BCUT2D eigenvalue weighted by molar-refractivity contribution is 0.0689. The summed E-state index contributed by atoms with van der Waals surface area (Å²) in [5.41, 5.74) is 0. The Morgan fingerprint density at radius 1 is 1.15 bits per heavy atom. The minimum Gasteiger partial charge on any atom is -0.382 e. The normalized spacial score (nSPS) is 11.7. The molecule has 114 valence electrons. The molecule has 0 radical (unpaired) electrons. The summed E-state index contributed by atoms with van der Waals surface area (Å²) < 4.78 is 37.4. The van der Waals surface area contributed by atoms with Gasteiger partial charge in [0, 0.05) is 24.7 Å². The minimum atomic E-state index is -3.45. The highest BCUT2D eigenvalue weighted by atomic mass is 79.9. The molecule has 1 rings (SSSR count).